The molecule has 3 rings (SSSR count). The Hall–Kier alpha value is -2.24. The van der Waals surface area contributed by atoms with Gasteiger partial charge < -0.3 is 9.47 Å². The average molecular weight is 355 g/mol. The summed E-state index contributed by atoms with van der Waals surface area (Å²) in [7, 11) is 2.01. The van der Waals surface area contributed by atoms with Crippen LogP contribution in [0.1, 0.15) is 45.1 Å². The third-order valence-electron chi connectivity index (χ3n) is 5.26. The Morgan fingerprint density at radius 1 is 1.15 bits per heavy atom. The van der Waals surface area contributed by atoms with Gasteiger partial charge in [-0.15, -0.1) is 0 Å². The maximum Gasteiger partial charge on any atom is 0.227 e. The van der Waals surface area contributed by atoms with Crippen LogP contribution in [0.3, 0.4) is 0 Å². The van der Waals surface area contributed by atoms with Gasteiger partial charge in [0.25, 0.3) is 0 Å². The molecule has 140 valence electrons. The van der Waals surface area contributed by atoms with Gasteiger partial charge in [0.2, 0.25) is 5.91 Å². The van der Waals surface area contributed by atoms with Crippen LogP contribution in [0.5, 0.6) is 0 Å². The lowest BCUT2D eigenvalue weighted by Gasteiger charge is -2.35. The van der Waals surface area contributed by atoms with Crippen molar-refractivity contribution in [1.82, 2.24) is 24.4 Å². The lowest BCUT2D eigenvalue weighted by atomic mass is 9.88. The summed E-state index contributed by atoms with van der Waals surface area (Å²) in [4.78, 5) is 28.0. The Labute approximate surface area is 155 Å². The van der Waals surface area contributed by atoms with Gasteiger partial charge in [0.05, 0.1) is 17.6 Å². The summed E-state index contributed by atoms with van der Waals surface area (Å²) in [5.41, 5.74) is 2.65. The molecule has 0 atom stereocenters. The van der Waals surface area contributed by atoms with E-state index in [2.05, 4.69) is 19.5 Å². The van der Waals surface area contributed by atoms with E-state index in [1.807, 2.05) is 45.8 Å². The molecule has 0 N–H and O–H groups in total. The number of piperidine rings is 1. The molecule has 6 heteroatoms. The minimum atomic E-state index is -0.303. The molecule has 3 heterocycles. The Morgan fingerprint density at radius 3 is 2.38 bits per heavy atom. The first-order valence-corrected chi connectivity index (χ1v) is 9.35. The van der Waals surface area contributed by atoms with Crippen molar-refractivity contribution in [2.45, 2.75) is 47.0 Å². The number of rotatable bonds is 3. The third-order valence-corrected chi connectivity index (χ3v) is 5.26. The molecule has 0 aliphatic carbocycles. The van der Waals surface area contributed by atoms with Crippen molar-refractivity contribution in [2.24, 2.45) is 18.4 Å². The van der Waals surface area contributed by atoms with Crippen molar-refractivity contribution < 1.29 is 4.79 Å². The zero-order valence-electron chi connectivity index (χ0n) is 16.5. The summed E-state index contributed by atoms with van der Waals surface area (Å²) in [6.45, 7) is 9.62. The van der Waals surface area contributed by atoms with Crippen LogP contribution in [0.2, 0.25) is 0 Å². The minimum Gasteiger partial charge on any atom is -0.342 e. The van der Waals surface area contributed by atoms with Crippen LogP contribution in [0.4, 0.5) is 0 Å². The Kier molecular flexibility index (Phi) is 5.12. The third kappa shape index (κ3) is 3.79. The van der Waals surface area contributed by atoms with E-state index in [1.165, 1.54) is 0 Å². The van der Waals surface area contributed by atoms with Crippen LogP contribution < -0.4 is 0 Å². The first-order valence-electron chi connectivity index (χ1n) is 9.35. The van der Waals surface area contributed by atoms with Crippen molar-refractivity contribution in [3.63, 3.8) is 0 Å². The van der Waals surface area contributed by atoms with Crippen LogP contribution in [-0.2, 0) is 18.3 Å². The van der Waals surface area contributed by atoms with Gasteiger partial charge in [-0.1, -0.05) is 20.8 Å². The maximum atomic E-state index is 12.5. The molecule has 1 fully saturated rings. The molecule has 0 bridgehead atoms. The van der Waals surface area contributed by atoms with Crippen molar-refractivity contribution in [1.29, 1.82) is 0 Å². The fraction of sp³-hybridized carbons (Fsp3) is 0.600. The lowest BCUT2D eigenvalue weighted by molar-refractivity contribution is -0.140. The van der Waals surface area contributed by atoms with Crippen molar-refractivity contribution in [3.8, 4) is 11.4 Å². The summed E-state index contributed by atoms with van der Waals surface area (Å²) in [6.07, 6.45) is 8.30. The molecule has 0 saturated carbocycles. The number of aryl methyl sites for hydroxylation is 1. The van der Waals surface area contributed by atoms with E-state index >= 15 is 0 Å². The van der Waals surface area contributed by atoms with E-state index in [-0.39, 0.29) is 11.3 Å². The van der Waals surface area contributed by atoms with E-state index in [4.69, 9.17) is 0 Å². The van der Waals surface area contributed by atoms with Crippen LogP contribution in [0, 0.1) is 18.3 Å². The molecular weight excluding hydrogens is 326 g/mol. The number of imidazole rings is 1. The van der Waals surface area contributed by atoms with Gasteiger partial charge in [0.15, 0.2) is 0 Å². The maximum absolute atomic E-state index is 12.5. The molecule has 1 aliphatic rings. The van der Waals surface area contributed by atoms with Crippen LogP contribution in [0.15, 0.2) is 18.6 Å². The highest BCUT2D eigenvalue weighted by molar-refractivity contribution is 5.81. The largest absolute Gasteiger partial charge is 0.342 e. The summed E-state index contributed by atoms with van der Waals surface area (Å²) in [5.74, 6) is 1.75. The number of carbonyl (C=O) groups excluding carboxylic acids is 1. The fourth-order valence-electron chi connectivity index (χ4n) is 3.54. The topological polar surface area (TPSA) is 63.9 Å². The Bertz CT molecular complexity index is 782. The molecule has 26 heavy (non-hydrogen) atoms. The molecule has 0 aromatic carbocycles. The van der Waals surface area contributed by atoms with Gasteiger partial charge in [-0.25, -0.2) is 4.98 Å². The molecular formula is C20H29N5O. The zero-order chi connectivity index (χ0) is 18.9. The number of hydrogen-bond acceptors (Lipinski definition) is 4. The number of aromatic nitrogens is 4. The normalized spacial score (nSPS) is 16.1. The van der Waals surface area contributed by atoms with E-state index in [9.17, 15) is 4.79 Å². The summed E-state index contributed by atoms with van der Waals surface area (Å²) in [6, 6.07) is 0. The quantitative estimate of drug-likeness (QED) is 0.849. The molecule has 2 aromatic rings. The molecule has 1 saturated heterocycles. The highest BCUT2D eigenvalue weighted by atomic mass is 16.2. The van der Waals surface area contributed by atoms with E-state index < -0.39 is 0 Å². The van der Waals surface area contributed by atoms with E-state index in [1.54, 1.807) is 12.4 Å². The second kappa shape index (κ2) is 7.17. The first kappa shape index (κ1) is 18.5. The fourth-order valence-corrected chi connectivity index (χ4v) is 3.54. The van der Waals surface area contributed by atoms with Crippen molar-refractivity contribution in [3.05, 3.63) is 30.1 Å². The molecule has 0 radical (unpaired) electrons. The molecule has 2 aromatic heterocycles. The summed E-state index contributed by atoms with van der Waals surface area (Å²) < 4.78 is 2.05. The summed E-state index contributed by atoms with van der Waals surface area (Å²) in [5, 5.41) is 0. The molecule has 0 unspecified atom stereocenters. The monoisotopic (exact) mass is 355 g/mol. The van der Waals surface area contributed by atoms with Gasteiger partial charge in [-0.3, -0.25) is 14.8 Å². The van der Waals surface area contributed by atoms with Crippen LogP contribution in [-0.4, -0.2) is 43.4 Å². The van der Waals surface area contributed by atoms with Gasteiger partial charge in [-0.2, -0.15) is 0 Å². The predicted molar refractivity (Wildman–Crippen MR) is 101 cm³/mol. The van der Waals surface area contributed by atoms with Crippen LogP contribution >= 0.6 is 0 Å². The van der Waals surface area contributed by atoms with Crippen molar-refractivity contribution >= 4 is 5.91 Å². The highest BCUT2D eigenvalue weighted by Crippen LogP contribution is 2.28. The number of nitrogens with zero attached hydrogens (tertiary/aromatic N) is 5. The second-order valence-corrected chi connectivity index (χ2v) is 8.29. The smallest absolute Gasteiger partial charge is 0.227 e. The number of carbonyl (C=O) groups is 1. The second-order valence-electron chi connectivity index (χ2n) is 8.29. The van der Waals surface area contributed by atoms with Gasteiger partial charge >= 0.3 is 0 Å². The molecule has 1 aliphatic heterocycles. The van der Waals surface area contributed by atoms with E-state index in [0.29, 0.717) is 5.92 Å². The Balaban J connectivity index is 1.70. The summed E-state index contributed by atoms with van der Waals surface area (Å²) >= 11 is 0. The van der Waals surface area contributed by atoms with Gasteiger partial charge in [0.1, 0.15) is 11.5 Å². The zero-order valence-corrected chi connectivity index (χ0v) is 16.5. The number of amides is 1. The highest BCUT2D eigenvalue weighted by Gasteiger charge is 2.30. The minimum absolute atomic E-state index is 0.251. The average Bonchev–Trinajstić information content (AvgIpc) is 2.94. The van der Waals surface area contributed by atoms with Gasteiger partial charge in [-0.05, 0) is 32.1 Å². The van der Waals surface area contributed by atoms with Gasteiger partial charge in [0, 0.05) is 37.9 Å². The predicted octanol–water partition coefficient (Wildman–Crippen LogP) is 3.01. The lowest BCUT2D eigenvalue weighted by Crippen LogP contribution is -2.44. The SMILES string of the molecule is Cc1ncc(-c2nccnc2CC2CCN(C(=O)C(C)(C)C)CC2)n1C. The molecule has 1 amide bonds. The molecule has 6 nitrogen and oxygen atoms in total. The van der Waals surface area contributed by atoms with E-state index in [0.717, 1.165) is 55.3 Å². The standard InChI is InChI=1S/C20H29N5O/c1-14-23-13-17(24(14)5)18-16(21-8-9-22-18)12-15-6-10-25(11-7-15)19(26)20(2,3)4/h8-9,13,15H,6-7,10-12H2,1-5H3. The number of likely N-dealkylation sites (tertiary alicyclic amines) is 1. The molecule has 0 spiro atoms. The van der Waals surface area contributed by atoms with Crippen LogP contribution in [0.25, 0.3) is 11.4 Å². The van der Waals surface area contributed by atoms with Crippen molar-refractivity contribution in [2.75, 3.05) is 13.1 Å². The Morgan fingerprint density at radius 2 is 1.81 bits per heavy atom. The first-order chi connectivity index (χ1) is 12.3. The number of hydrogen-bond donors (Lipinski definition) is 0.